The second-order valence-corrected chi connectivity index (χ2v) is 6.85. The lowest BCUT2D eigenvalue weighted by Crippen LogP contribution is -2.27. The van der Waals surface area contributed by atoms with E-state index in [0.29, 0.717) is 25.0 Å². The van der Waals surface area contributed by atoms with E-state index in [9.17, 15) is 9.59 Å². The molecule has 2 aromatic carbocycles. The van der Waals surface area contributed by atoms with Gasteiger partial charge in [-0.15, -0.1) is 0 Å². The van der Waals surface area contributed by atoms with E-state index in [2.05, 4.69) is 21.2 Å². The minimum atomic E-state index is -0.385. The minimum Gasteiger partial charge on any atom is -0.408 e. The van der Waals surface area contributed by atoms with Gasteiger partial charge in [-0.05, 0) is 43.2 Å². The molecular formula is C19H19BrN2O3. The summed E-state index contributed by atoms with van der Waals surface area (Å²) in [5.41, 5.74) is 2.37. The van der Waals surface area contributed by atoms with Gasteiger partial charge in [0, 0.05) is 17.4 Å². The molecule has 3 aromatic rings. The van der Waals surface area contributed by atoms with Crippen LogP contribution in [0.25, 0.3) is 11.1 Å². The van der Waals surface area contributed by atoms with Gasteiger partial charge in [-0.25, -0.2) is 4.79 Å². The Balaban J connectivity index is 1.56. The highest BCUT2D eigenvalue weighted by Gasteiger charge is 2.12. The molecule has 1 aromatic heterocycles. The highest BCUT2D eigenvalue weighted by atomic mass is 79.9. The zero-order valence-corrected chi connectivity index (χ0v) is 15.5. The summed E-state index contributed by atoms with van der Waals surface area (Å²) in [6, 6.07) is 15.1. The van der Waals surface area contributed by atoms with Crippen LogP contribution in [0.1, 0.15) is 31.4 Å². The van der Waals surface area contributed by atoms with E-state index < -0.39 is 0 Å². The molecule has 0 aliphatic rings. The Bertz CT molecular complexity index is 945. The molecule has 0 saturated carbocycles. The van der Waals surface area contributed by atoms with E-state index in [1.54, 1.807) is 10.6 Å². The highest BCUT2D eigenvalue weighted by molar-refractivity contribution is 9.10. The largest absolute Gasteiger partial charge is 0.419 e. The number of fused-ring (bicyclic) bond motifs is 1. The van der Waals surface area contributed by atoms with Crippen LogP contribution in [0, 0.1) is 0 Å². The van der Waals surface area contributed by atoms with Crippen molar-refractivity contribution in [1.29, 1.82) is 0 Å². The van der Waals surface area contributed by atoms with Gasteiger partial charge in [-0.2, -0.15) is 0 Å². The fourth-order valence-electron chi connectivity index (χ4n) is 2.80. The molecule has 0 radical (unpaired) electrons. The molecule has 1 atom stereocenters. The molecule has 0 aliphatic heterocycles. The van der Waals surface area contributed by atoms with Crippen molar-refractivity contribution in [1.82, 2.24) is 9.88 Å². The summed E-state index contributed by atoms with van der Waals surface area (Å²) < 4.78 is 7.75. The molecule has 0 spiro atoms. The Labute approximate surface area is 153 Å². The van der Waals surface area contributed by atoms with Gasteiger partial charge < -0.3 is 9.73 Å². The molecule has 1 unspecified atom stereocenters. The topological polar surface area (TPSA) is 64.2 Å². The molecule has 3 rings (SSSR count). The normalized spacial score (nSPS) is 12.2. The van der Waals surface area contributed by atoms with Crippen LogP contribution in [0.4, 0.5) is 0 Å². The van der Waals surface area contributed by atoms with Crippen molar-refractivity contribution >= 4 is 32.9 Å². The second-order valence-electron chi connectivity index (χ2n) is 5.94. The van der Waals surface area contributed by atoms with E-state index in [1.165, 1.54) is 0 Å². The number of carbonyl (C=O) groups excluding carboxylic acids is 1. The summed E-state index contributed by atoms with van der Waals surface area (Å²) in [4.78, 5) is 24.1. The number of aromatic nitrogens is 1. The van der Waals surface area contributed by atoms with Crippen LogP contribution in [-0.2, 0) is 11.3 Å². The number of carbonyl (C=O) groups is 1. The molecule has 0 aliphatic carbocycles. The van der Waals surface area contributed by atoms with E-state index in [4.69, 9.17) is 4.42 Å². The zero-order chi connectivity index (χ0) is 17.8. The molecule has 25 heavy (non-hydrogen) atoms. The van der Waals surface area contributed by atoms with Crippen molar-refractivity contribution in [2.24, 2.45) is 0 Å². The molecule has 1 N–H and O–H groups in total. The lowest BCUT2D eigenvalue weighted by Gasteiger charge is -2.14. The number of oxazole rings is 1. The quantitative estimate of drug-likeness (QED) is 0.677. The minimum absolute atomic E-state index is 0.0340. The van der Waals surface area contributed by atoms with Gasteiger partial charge in [0.05, 0.1) is 11.6 Å². The first-order valence-corrected chi connectivity index (χ1v) is 8.97. The zero-order valence-electron chi connectivity index (χ0n) is 13.9. The summed E-state index contributed by atoms with van der Waals surface area (Å²) in [7, 11) is 0. The van der Waals surface area contributed by atoms with Gasteiger partial charge in [0.1, 0.15) is 0 Å². The van der Waals surface area contributed by atoms with Gasteiger partial charge in [0.15, 0.2) is 5.58 Å². The van der Waals surface area contributed by atoms with Gasteiger partial charge in [0.2, 0.25) is 5.91 Å². The number of halogens is 1. The number of hydrogen-bond acceptors (Lipinski definition) is 3. The third-order valence-electron chi connectivity index (χ3n) is 4.09. The molecular weight excluding hydrogens is 384 g/mol. The van der Waals surface area contributed by atoms with Crippen molar-refractivity contribution in [3.8, 4) is 0 Å². The van der Waals surface area contributed by atoms with E-state index in [0.717, 1.165) is 15.6 Å². The van der Waals surface area contributed by atoms with Crippen LogP contribution < -0.4 is 11.1 Å². The Hall–Kier alpha value is -2.34. The molecule has 1 amide bonds. The maximum atomic E-state index is 12.2. The maximum Gasteiger partial charge on any atom is 0.419 e. The van der Waals surface area contributed by atoms with Crippen molar-refractivity contribution in [3.05, 3.63) is 69.1 Å². The Morgan fingerprint density at radius 2 is 2.04 bits per heavy atom. The lowest BCUT2D eigenvalue weighted by atomic mass is 10.1. The molecule has 5 nitrogen and oxygen atoms in total. The van der Waals surface area contributed by atoms with Gasteiger partial charge in [-0.1, -0.05) is 40.2 Å². The highest BCUT2D eigenvalue weighted by Crippen LogP contribution is 2.18. The predicted molar refractivity (Wildman–Crippen MR) is 100 cm³/mol. The van der Waals surface area contributed by atoms with Gasteiger partial charge in [0.25, 0.3) is 0 Å². The second kappa shape index (κ2) is 7.70. The van der Waals surface area contributed by atoms with Crippen LogP contribution in [-0.4, -0.2) is 10.5 Å². The Morgan fingerprint density at radius 3 is 2.84 bits per heavy atom. The van der Waals surface area contributed by atoms with Gasteiger partial charge >= 0.3 is 5.76 Å². The molecule has 1 heterocycles. The molecule has 0 fully saturated rings. The molecule has 6 heteroatoms. The Kier molecular flexibility index (Phi) is 5.38. The van der Waals surface area contributed by atoms with Crippen LogP contribution in [0.15, 0.2) is 62.2 Å². The van der Waals surface area contributed by atoms with Crippen LogP contribution in [0.5, 0.6) is 0 Å². The summed E-state index contributed by atoms with van der Waals surface area (Å²) in [6.45, 7) is 2.41. The number of benzene rings is 2. The third kappa shape index (κ3) is 4.20. The predicted octanol–water partition coefficient (Wildman–Crippen LogP) is 4.01. The first-order valence-electron chi connectivity index (χ1n) is 8.18. The molecule has 0 saturated heterocycles. The number of nitrogens with one attached hydrogen (secondary N) is 1. The number of aryl methyl sites for hydroxylation is 1. The maximum absolute atomic E-state index is 12.2. The fourth-order valence-corrected chi connectivity index (χ4v) is 3.21. The number of rotatable bonds is 6. The first-order chi connectivity index (χ1) is 12.0. The Morgan fingerprint density at radius 1 is 1.24 bits per heavy atom. The smallest absolute Gasteiger partial charge is 0.408 e. The van der Waals surface area contributed by atoms with E-state index in [1.807, 2.05) is 49.4 Å². The third-order valence-corrected chi connectivity index (χ3v) is 4.58. The standard InChI is InChI=1S/C19H19BrN2O3/c1-13(14-6-4-7-15(20)12-14)21-18(23)10-5-11-22-16-8-2-3-9-17(16)25-19(22)24/h2-4,6-9,12-13H,5,10-11H2,1H3,(H,21,23). The average molecular weight is 403 g/mol. The lowest BCUT2D eigenvalue weighted by molar-refractivity contribution is -0.121. The summed E-state index contributed by atoms with van der Waals surface area (Å²) >= 11 is 3.43. The molecule has 0 bridgehead atoms. The van der Waals surface area contributed by atoms with Gasteiger partial charge in [-0.3, -0.25) is 9.36 Å². The van der Waals surface area contributed by atoms with Crippen molar-refractivity contribution < 1.29 is 9.21 Å². The fraction of sp³-hybridized carbons (Fsp3) is 0.263. The number of nitrogens with zero attached hydrogens (tertiary/aromatic N) is 1. The summed E-state index contributed by atoms with van der Waals surface area (Å²) in [5, 5.41) is 2.98. The van der Waals surface area contributed by atoms with E-state index >= 15 is 0 Å². The van der Waals surface area contributed by atoms with Crippen molar-refractivity contribution in [2.75, 3.05) is 0 Å². The van der Waals surface area contributed by atoms with Crippen molar-refractivity contribution in [2.45, 2.75) is 32.4 Å². The van der Waals surface area contributed by atoms with Crippen LogP contribution in [0.2, 0.25) is 0 Å². The number of para-hydroxylation sites is 2. The van der Waals surface area contributed by atoms with Crippen LogP contribution in [0.3, 0.4) is 0 Å². The first kappa shape index (κ1) is 17.5. The number of hydrogen-bond donors (Lipinski definition) is 1. The monoisotopic (exact) mass is 402 g/mol. The van der Waals surface area contributed by atoms with Crippen LogP contribution >= 0.6 is 15.9 Å². The SMILES string of the molecule is CC(NC(=O)CCCn1c(=O)oc2ccccc21)c1cccc(Br)c1. The summed E-state index contributed by atoms with van der Waals surface area (Å²) in [6.07, 6.45) is 0.921. The average Bonchev–Trinajstić information content (AvgIpc) is 2.90. The molecule has 130 valence electrons. The van der Waals surface area contributed by atoms with E-state index in [-0.39, 0.29) is 17.7 Å². The van der Waals surface area contributed by atoms with Crippen molar-refractivity contribution in [3.63, 3.8) is 0 Å². The number of amides is 1. The summed E-state index contributed by atoms with van der Waals surface area (Å²) in [5.74, 6) is -0.419.